The zero-order chi connectivity index (χ0) is 11.7. The third kappa shape index (κ3) is 1.76. The van der Waals surface area contributed by atoms with Crippen LogP contribution in [0.4, 0.5) is 0 Å². The Morgan fingerprint density at radius 1 is 1.56 bits per heavy atom. The maximum absolute atomic E-state index is 11.7. The van der Waals surface area contributed by atoms with Crippen molar-refractivity contribution in [3.63, 3.8) is 0 Å². The smallest absolute Gasteiger partial charge is 0.342 e. The molecule has 0 aromatic heterocycles. The van der Waals surface area contributed by atoms with E-state index in [9.17, 15) is 9.90 Å². The number of hydrogen-bond acceptors (Lipinski definition) is 4. The van der Waals surface area contributed by atoms with Gasteiger partial charge in [-0.1, -0.05) is 6.07 Å². The molecule has 1 aliphatic rings. The summed E-state index contributed by atoms with van der Waals surface area (Å²) in [6.45, 7) is 2.04. The third-order valence-electron chi connectivity index (χ3n) is 2.82. The monoisotopic (exact) mass is 221 g/mol. The predicted molar refractivity (Wildman–Crippen MR) is 59.4 cm³/mol. The van der Waals surface area contributed by atoms with Crippen molar-refractivity contribution >= 4 is 5.97 Å². The molecule has 0 heterocycles. The van der Waals surface area contributed by atoms with E-state index in [0.717, 1.165) is 17.5 Å². The highest BCUT2D eigenvalue weighted by Crippen LogP contribution is 2.31. The Kier molecular flexibility index (Phi) is 2.83. The number of fused-ring (bicyclic) bond motifs is 1. The fraction of sp³-hybridized carbons (Fsp3) is 0.417. The molecule has 0 spiro atoms. The molecular weight excluding hydrogens is 206 g/mol. The zero-order valence-electron chi connectivity index (χ0n) is 9.19. The van der Waals surface area contributed by atoms with Gasteiger partial charge in [-0.05, 0) is 37.0 Å². The Morgan fingerprint density at radius 3 is 3.00 bits per heavy atom. The average molecular weight is 221 g/mol. The molecule has 86 valence electrons. The molecule has 1 unspecified atom stereocenters. The molecule has 1 aliphatic carbocycles. The lowest BCUT2D eigenvalue weighted by Gasteiger charge is -2.09. The summed E-state index contributed by atoms with van der Waals surface area (Å²) < 4.78 is 4.93. The second-order valence-corrected chi connectivity index (χ2v) is 3.99. The Morgan fingerprint density at radius 2 is 2.31 bits per heavy atom. The molecular formula is C12H15NO3. The maximum Gasteiger partial charge on any atom is 0.342 e. The minimum atomic E-state index is -0.467. The molecule has 0 fully saturated rings. The van der Waals surface area contributed by atoms with Crippen molar-refractivity contribution in [3.05, 3.63) is 28.8 Å². The number of phenols is 1. The summed E-state index contributed by atoms with van der Waals surface area (Å²) in [5.74, 6) is -0.489. The molecule has 0 radical (unpaired) electrons. The number of nitrogens with two attached hydrogens (primary N) is 1. The molecule has 0 saturated heterocycles. The Bertz CT molecular complexity index is 429. The fourth-order valence-corrected chi connectivity index (χ4v) is 2.15. The Balaban J connectivity index is 2.45. The molecule has 0 amide bonds. The standard InChI is InChI=1S/C12H15NO3/c1-2-16-12(15)11-9-6-8(13)5-7(9)3-4-10(11)14/h3-4,8,14H,2,5-6,13H2,1H3. The fourth-order valence-electron chi connectivity index (χ4n) is 2.15. The number of phenolic OH excluding ortho intramolecular Hbond substituents is 1. The number of rotatable bonds is 2. The van der Waals surface area contributed by atoms with E-state index < -0.39 is 5.97 Å². The number of ether oxygens (including phenoxy) is 1. The number of carbonyl (C=O) groups is 1. The minimum absolute atomic E-state index is 0.0219. The van der Waals surface area contributed by atoms with Crippen LogP contribution in [0.15, 0.2) is 12.1 Å². The lowest BCUT2D eigenvalue weighted by molar-refractivity contribution is 0.0522. The minimum Gasteiger partial charge on any atom is -0.507 e. The second kappa shape index (κ2) is 4.14. The summed E-state index contributed by atoms with van der Waals surface area (Å²) in [7, 11) is 0. The van der Waals surface area contributed by atoms with Crippen LogP contribution >= 0.6 is 0 Å². The molecule has 0 aliphatic heterocycles. The summed E-state index contributed by atoms with van der Waals surface area (Å²) in [5, 5.41) is 9.72. The molecule has 1 aromatic rings. The van der Waals surface area contributed by atoms with Gasteiger partial charge in [-0.15, -0.1) is 0 Å². The van der Waals surface area contributed by atoms with Gasteiger partial charge < -0.3 is 15.6 Å². The van der Waals surface area contributed by atoms with E-state index in [4.69, 9.17) is 10.5 Å². The van der Waals surface area contributed by atoms with Gasteiger partial charge in [-0.3, -0.25) is 0 Å². The van der Waals surface area contributed by atoms with Gasteiger partial charge in [0.15, 0.2) is 0 Å². The van der Waals surface area contributed by atoms with Crippen molar-refractivity contribution in [1.29, 1.82) is 0 Å². The van der Waals surface area contributed by atoms with Gasteiger partial charge >= 0.3 is 5.97 Å². The van der Waals surface area contributed by atoms with Crippen LogP contribution in [0.1, 0.15) is 28.4 Å². The van der Waals surface area contributed by atoms with Crippen molar-refractivity contribution in [2.75, 3.05) is 6.61 Å². The van der Waals surface area contributed by atoms with E-state index in [1.807, 2.05) is 6.07 Å². The van der Waals surface area contributed by atoms with Crippen molar-refractivity contribution in [2.45, 2.75) is 25.8 Å². The van der Waals surface area contributed by atoms with Crippen molar-refractivity contribution in [3.8, 4) is 5.75 Å². The van der Waals surface area contributed by atoms with Crippen LogP contribution in [0.25, 0.3) is 0 Å². The summed E-state index contributed by atoms with van der Waals surface area (Å²) in [6.07, 6.45) is 1.37. The second-order valence-electron chi connectivity index (χ2n) is 3.99. The average Bonchev–Trinajstić information content (AvgIpc) is 2.58. The summed E-state index contributed by atoms with van der Waals surface area (Å²) in [4.78, 5) is 11.7. The van der Waals surface area contributed by atoms with E-state index in [1.54, 1.807) is 6.92 Å². The van der Waals surface area contributed by atoms with Gasteiger partial charge in [-0.25, -0.2) is 4.79 Å². The Hall–Kier alpha value is -1.55. The zero-order valence-corrected chi connectivity index (χ0v) is 9.19. The largest absolute Gasteiger partial charge is 0.507 e. The van der Waals surface area contributed by atoms with Crippen LogP contribution in [0.5, 0.6) is 5.75 Å². The maximum atomic E-state index is 11.7. The molecule has 0 bridgehead atoms. The summed E-state index contributed by atoms with van der Waals surface area (Å²) in [6, 6.07) is 3.38. The number of esters is 1. The number of hydrogen-bond donors (Lipinski definition) is 2. The van der Waals surface area contributed by atoms with Crippen molar-refractivity contribution in [1.82, 2.24) is 0 Å². The Labute approximate surface area is 94.0 Å². The topological polar surface area (TPSA) is 72.5 Å². The highest BCUT2D eigenvalue weighted by Gasteiger charge is 2.27. The molecule has 3 N–H and O–H groups in total. The van der Waals surface area contributed by atoms with Gasteiger partial charge in [0.05, 0.1) is 6.61 Å². The van der Waals surface area contributed by atoms with Gasteiger partial charge in [0, 0.05) is 6.04 Å². The molecule has 4 nitrogen and oxygen atoms in total. The molecule has 2 rings (SSSR count). The van der Waals surface area contributed by atoms with E-state index in [0.29, 0.717) is 13.0 Å². The number of aromatic hydroxyl groups is 1. The van der Waals surface area contributed by atoms with Gasteiger partial charge in [0.25, 0.3) is 0 Å². The van der Waals surface area contributed by atoms with Gasteiger partial charge in [-0.2, -0.15) is 0 Å². The van der Waals surface area contributed by atoms with Crippen LogP contribution in [0.2, 0.25) is 0 Å². The molecule has 0 saturated carbocycles. The molecule has 16 heavy (non-hydrogen) atoms. The third-order valence-corrected chi connectivity index (χ3v) is 2.82. The normalized spacial score (nSPS) is 18.2. The van der Waals surface area contributed by atoms with Crippen LogP contribution in [0, 0.1) is 0 Å². The molecule has 1 atom stereocenters. The molecule has 1 aromatic carbocycles. The van der Waals surface area contributed by atoms with Gasteiger partial charge in [0.1, 0.15) is 11.3 Å². The van der Waals surface area contributed by atoms with Crippen molar-refractivity contribution in [2.24, 2.45) is 5.73 Å². The quantitative estimate of drug-likeness (QED) is 0.731. The van der Waals surface area contributed by atoms with Crippen LogP contribution in [-0.4, -0.2) is 23.7 Å². The van der Waals surface area contributed by atoms with Gasteiger partial charge in [0.2, 0.25) is 0 Å². The predicted octanol–water partition coefficient (Wildman–Crippen LogP) is 0.995. The van der Waals surface area contributed by atoms with E-state index in [1.165, 1.54) is 6.07 Å². The van der Waals surface area contributed by atoms with Crippen LogP contribution in [-0.2, 0) is 17.6 Å². The summed E-state index contributed by atoms with van der Waals surface area (Å²) >= 11 is 0. The first-order valence-corrected chi connectivity index (χ1v) is 5.40. The number of carbonyl (C=O) groups excluding carboxylic acids is 1. The number of benzene rings is 1. The van der Waals surface area contributed by atoms with Crippen LogP contribution < -0.4 is 5.73 Å². The van der Waals surface area contributed by atoms with E-state index in [-0.39, 0.29) is 17.4 Å². The lowest BCUT2D eigenvalue weighted by Crippen LogP contribution is -2.19. The van der Waals surface area contributed by atoms with Crippen LogP contribution in [0.3, 0.4) is 0 Å². The highest BCUT2D eigenvalue weighted by atomic mass is 16.5. The summed E-state index contributed by atoms with van der Waals surface area (Å²) in [5.41, 5.74) is 8.00. The lowest BCUT2D eigenvalue weighted by atomic mass is 10.0. The highest BCUT2D eigenvalue weighted by molar-refractivity contribution is 5.94. The first-order chi connectivity index (χ1) is 7.63. The molecule has 4 heteroatoms. The van der Waals surface area contributed by atoms with E-state index in [2.05, 4.69) is 0 Å². The first-order valence-electron chi connectivity index (χ1n) is 5.40. The SMILES string of the molecule is CCOC(=O)c1c(O)ccc2c1CC(N)C2. The van der Waals surface area contributed by atoms with Crippen molar-refractivity contribution < 1.29 is 14.6 Å². The first kappa shape index (κ1) is 11.0. The van der Waals surface area contributed by atoms with E-state index >= 15 is 0 Å².